The first-order valence-corrected chi connectivity index (χ1v) is 9.25. The molecule has 136 valence electrons. The van der Waals surface area contributed by atoms with Gasteiger partial charge < -0.3 is 16.8 Å². The molecule has 0 aromatic carbocycles. The summed E-state index contributed by atoms with van der Waals surface area (Å²) >= 11 is 0. The minimum Gasteiger partial charge on any atom is -0.382 e. The van der Waals surface area contributed by atoms with Crippen LogP contribution in [0.1, 0.15) is 49.8 Å². The maximum absolute atomic E-state index is 6.03. The van der Waals surface area contributed by atoms with Gasteiger partial charge in [0.05, 0.1) is 17.6 Å². The Bertz CT molecular complexity index is 909. The third-order valence-corrected chi connectivity index (χ3v) is 5.15. The van der Waals surface area contributed by atoms with Crippen LogP contribution < -0.4 is 16.8 Å². The van der Waals surface area contributed by atoms with Gasteiger partial charge in [-0.1, -0.05) is 6.92 Å². The van der Waals surface area contributed by atoms with Crippen molar-refractivity contribution >= 4 is 23.0 Å². The number of aromatic nitrogens is 4. The van der Waals surface area contributed by atoms with Crippen molar-refractivity contribution in [1.29, 1.82) is 0 Å². The number of nitrogen functional groups attached to an aromatic ring is 1. The van der Waals surface area contributed by atoms with Crippen molar-refractivity contribution in [3.8, 4) is 0 Å². The number of nitrogens with one attached hydrogen (secondary N) is 1. The molecule has 0 saturated heterocycles. The van der Waals surface area contributed by atoms with Gasteiger partial charge in [0.2, 0.25) is 0 Å². The molecule has 26 heavy (non-hydrogen) atoms. The third-order valence-electron chi connectivity index (χ3n) is 5.15. The number of imidazole rings is 1. The zero-order chi connectivity index (χ0) is 18.1. The van der Waals surface area contributed by atoms with Crippen molar-refractivity contribution in [3.05, 3.63) is 41.9 Å². The van der Waals surface area contributed by atoms with E-state index in [9.17, 15) is 0 Å². The summed E-state index contributed by atoms with van der Waals surface area (Å²) < 4.78 is 1.77. The first-order chi connectivity index (χ1) is 12.6. The van der Waals surface area contributed by atoms with Crippen LogP contribution in [0.15, 0.2) is 30.6 Å². The molecule has 0 amide bonds. The number of pyridine rings is 1. The van der Waals surface area contributed by atoms with E-state index in [4.69, 9.17) is 16.5 Å². The van der Waals surface area contributed by atoms with Crippen molar-refractivity contribution in [1.82, 2.24) is 19.6 Å². The van der Waals surface area contributed by atoms with Crippen LogP contribution in [0, 0.1) is 0 Å². The van der Waals surface area contributed by atoms with E-state index >= 15 is 0 Å². The van der Waals surface area contributed by atoms with Crippen molar-refractivity contribution in [2.45, 2.75) is 51.0 Å². The molecular weight excluding hydrogens is 326 g/mol. The average molecular weight is 351 g/mol. The highest BCUT2D eigenvalue weighted by molar-refractivity contribution is 5.74. The molecule has 7 heteroatoms. The molecule has 3 heterocycles. The summed E-state index contributed by atoms with van der Waals surface area (Å²) in [6, 6.07) is 6.19. The number of nitrogens with two attached hydrogens (primary N) is 2. The Kier molecular flexibility index (Phi) is 4.46. The van der Waals surface area contributed by atoms with E-state index in [2.05, 4.69) is 22.3 Å². The first kappa shape index (κ1) is 16.8. The van der Waals surface area contributed by atoms with Crippen LogP contribution in [-0.4, -0.2) is 25.6 Å². The number of rotatable bonds is 4. The number of hydrogen-bond donors (Lipinski definition) is 3. The summed E-state index contributed by atoms with van der Waals surface area (Å²) in [5, 5.41) is 7.74. The highest BCUT2D eigenvalue weighted by atomic mass is 15.3. The van der Waals surface area contributed by atoms with Crippen LogP contribution in [0.3, 0.4) is 0 Å². The standard InChI is InChI=1S/C19H25N7/c1-2-12-7-8-22-18(9-12)23-15-10-17(21)25-26-11-16(24-19(15)26)13-3-5-14(20)6-4-13/h7-11,13-14H,2-6,20H2,1H3,(H2,21,25)(H,22,23)/t13-,14-. The van der Waals surface area contributed by atoms with E-state index in [-0.39, 0.29) is 0 Å². The van der Waals surface area contributed by atoms with Gasteiger partial charge in [0, 0.05) is 24.2 Å². The molecule has 5 N–H and O–H groups in total. The Morgan fingerprint density at radius 1 is 1.23 bits per heavy atom. The second-order valence-corrected chi connectivity index (χ2v) is 7.06. The summed E-state index contributed by atoms with van der Waals surface area (Å²) in [6.45, 7) is 2.12. The van der Waals surface area contributed by atoms with Gasteiger partial charge in [-0.2, -0.15) is 0 Å². The maximum Gasteiger partial charge on any atom is 0.177 e. The molecule has 7 nitrogen and oxygen atoms in total. The predicted octanol–water partition coefficient (Wildman–Crippen LogP) is 3.00. The SMILES string of the molecule is CCc1ccnc(Nc2cc(N)nn3cc([C@H]4CC[C@H](N)CC4)nc23)c1. The number of fused-ring (bicyclic) bond motifs is 1. The van der Waals surface area contributed by atoms with Crippen LogP contribution >= 0.6 is 0 Å². The van der Waals surface area contributed by atoms with Crippen molar-refractivity contribution < 1.29 is 0 Å². The average Bonchev–Trinajstić information content (AvgIpc) is 3.06. The normalized spacial score (nSPS) is 20.4. The Morgan fingerprint density at radius 3 is 2.81 bits per heavy atom. The van der Waals surface area contributed by atoms with Crippen molar-refractivity contribution in [2.24, 2.45) is 5.73 Å². The van der Waals surface area contributed by atoms with Gasteiger partial charge in [-0.3, -0.25) is 0 Å². The monoisotopic (exact) mass is 351 g/mol. The van der Waals surface area contributed by atoms with Gasteiger partial charge >= 0.3 is 0 Å². The Balaban J connectivity index is 1.67. The van der Waals surface area contributed by atoms with E-state index < -0.39 is 0 Å². The highest BCUT2D eigenvalue weighted by Crippen LogP contribution is 2.33. The molecule has 1 saturated carbocycles. The summed E-state index contributed by atoms with van der Waals surface area (Å²) in [6.07, 6.45) is 9.01. The van der Waals surface area contributed by atoms with Gasteiger partial charge in [-0.05, 0) is 49.8 Å². The Morgan fingerprint density at radius 2 is 2.04 bits per heavy atom. The van der Waals surface area contributed by atoms with Crippen molar-refractivity contribution in [3.63, 3.8) is 0 Å². The Labute approximate surface area is 152 Å². The van der Waals surface area contributed by atoms with Crippen LogP contribution in [-0.2, 0) is 6.42 Å². The van der Waals surface area contributed by atoms with Gasteiger partial charge in [0.15, 0.2) is 5.65 Å². The fourth-order valence-electron chi connectivity index (χ4n) is 3.62. The molecule has 4 rings (SSSR count). The zero-order valence-electron chi connectivity index (χ0n) is 15.0. The zero-order valence-corrected chi connectivity index (χ0v) is 15.0. The lowest BCUT2D eigenvalue weighted by Crippen LogP contribution is -2.25. The van der Waals surface area contributed by atoms with E-state index in [1.165, 1.54) is 5.56 Å². The van der Waals surface area contributed by atoms with Crippen LogP contribution in [0.25, 0.3) is 5.65 Å². The van der Waals surface area contributed by atoms with E-state index in [0.717, 1.165) is 55.0 Å². The fraction of sp³-hybridized carbons (Fsp3) is 0.421. The van der Waals surface area contributed by atoms with E-state index in [1.54, 1.807) is 4.52 Å². The van der Waals surface area contributed by atoms with Crippen LogP contribution in [0.4, 0.5) is 17.3 Å². The minimum absolute atomic E-state index is 0.325. The highest BCUT2D eigenvalue weighted by Gasteiger charge is 2.23. The van der Waals surface area contributed by atoms with Crippen molar-refractivity contribution in [2.75, 3.05) is 11.1 Å². The van der Waals surface area contributed by atoms with Crippen LogP contribution in [0.2, 0.25) is 0 Å². The fourth-order valence-corrected chi connectivity index (χ4v) is 3.62. The first-order valence-electron chi connectivity index (χ1n) is 9.25. The van der Waals surface area contributed by atoms with Gasteiger partial charge in [-0.25, -0.2) is 14.5 Å². The molecule has 1 fully saturated rings. The maximum atomic E-state index is 6.03. The van der Waals surface area contributed by atoms with E-state index in [1.807, 2.05) is 30.6 Å². The summed E-state index contributed by atoms with van der Waals surface area (Å²) in [5.41, 5.74) is 15.9. The second kappa shape index (κ2) is 6.92. The third kappa shape index (κ3) is 3.35. The lowest BCUT2D eigenvalue weighted by molar-refractivity contribution is 0.391. The number of anilines is 3. The summed E-state index contributed by atoms with van der Waals surface area (Å²) in [5.74, 6) is 1.67. The molecule has 0 spiro atoms. The molecule has 0 aliphatic heterocycles. The molecule has 0 radical (unpaired) electrons. The molecule has 3 aromatic rings. The number of hydrogen-bond acceptors (Lipinski definition) is 6. The van der Waals surface area contributed by atoms with Crippen LogP contribution in [0.5, 0.6) is 0 Å². The van der Waals surface area contributed by atoms with Gasteiger partial charge in [-0.15, -0.1) is 5.10 Å². The van der Waals surface area contributed by atoms with E-state index in [0.29, 0.717) is 17.8 Å². The molecule has 0 atom stereocenters. The second-order valence-electron chi connectivity index (χ2n) is 7.06. The minimum atomic E-state index is 0.325. The molecule has 0 bridgehead atoms. The van der Waals surface area contributed by atoms with Gasteiger partial charge in [0.25, 0.3) is 0 Å². The molecule has 0 unspecified atom stereocenters. The number of aryl methyl sites for hydroxylation is 1. The smallest absolute Gasteiger partial charge is 0.177 e. The summed E-state index contributed by atoms with van der Waals surface area (Å²) in [7, 11) is 0. The quantitative estimate of drug-likeness (QED) is 0.667. The predicted molar refractivity (Wildman–Crippen MR) is 103 cm³/mol. The summed E-state index contributed by atoms with van der Waals surface area (Å²) in [4.78, 5) is 9.26. The lowest BCUT2D eigenvalue weighted by atomic mass is 9.85. The lowest BCUT2D eigenvalue weighted by Gasteiger charge is -2.24. The molecule has 3 aromatic heterocycles. The number of nitrogens with zero attached hydrogens (tertiary/aromatic N) is 4. The Hall–Kier alpha value is -2.67. The van der Waals surface area contributed by atoms with Gasteiger partial charge in [0.1, 0.15) is 11.6 Å². The molecular formula is C19H25N7. The molecule has 1 aliphatic rings. The topological polar surface area (TPSA) is 107 Å². The largest absolute Gasteiger partial charge is 0.382 e. The molecule has 1 aliphatic carbocycles.